The minimum atomic E-state index is 0.917. The number of nitrogens with zero attached hydrogens (tertiary/aromatic N) is 1. The molecule has 0 aliphatic heterocycles. The van der Waals surface area contributed by atoms with E-state index in [1.807, 2.05) is 12.1 Å². The molecule has 0 atom stereocenters. The van der Waals surface area contributed by atoms with E-state index in [2.05, 4.69) is 168 Å². The maximum absolute atomic E-state index is 6.10. The van der Waals surface area contributed by atoms with E-state index in [0.717, 1.165) is 21.9 Å². The molecule has 0 spiro atoms. The van der Waals surface area contributed by atoms with Gasteiger partial charge in [0, 0.05) is 27.2 Å². The molecule has 0 aliphatic carbocycles. The molecule has 0 bridgehead atoms. The molecule has 2 heteroatoms. The number of furan rings is 1. The van der Waals surface area contributed by atoms with E-state index in [1.165, 1.54) is 82.1 Å². The highest BCUT2D eigenvalue weighted by Crippen LogP contribution is 2.40. The lowest BCUT2D eigenvalue weighted by molar-refractivity contribution is 0.669. The molecule has 232 valence electrons. The van der Waals surface area contributed by atoms with Gasteiger partial charge in [0.1, 0.15) is 11.2 Å². The molecule has 0 radical (unpaired) electrons. The summed E-state index contributed by atoms with van der Waals surface area (Å²) >= 11 is 0. The summed E-state index contributed by atoms with van der Waals surface area (Å²) in [6.45, 7) is 0. The van der Waals surface area contributed by atoms with Crippen LogP contribution in [0.2, 0.25) is 0 Å². The largest absolute Gasteiger partial charge is 0.456 e. The average Bonchev–Trinajstić information content (AvgIpc) is 3.73. The Hall–Kier alpha value is -6.64. The molecular formula is C48H29NO. The molecule has 0 saturated carbocycles. The molecule has 11 aromatic rings. The second-order valence-electron chi connectivity index (χ2n) is 13.3. The third-order valence-electron chi connectivity index (χ3n) is 10.6. The lowest BCUT2D eigenvalue weighted by atomic mass is 9.94. The van der Waals surface area contributed by atoms with E-state index in [-0.39, 0.29) is 0 Å². The zero-order valence-electron chi connectivity index (χ0n) is 27.1. The van der Waals surface area contributed by atoms with Crippen LogP contribution in [0.4, 0.5) is 0 Å². The molecule has 0 saturated heterocycles. The molecule has 50 heavy (non-hydrogen) atoms. The van der Waals surface area contributed by atoms with Crippen LogP contribution < -0.4 is 0 Å². The summed E-state index contributed by atoms with van der Waals surface area (Å²) in [4.78, 5) is 0. The topological polar surface area (TPSA) is 18.1 Å². The van der Waals surface area contributed by atoms with Gasteiger partial charge in [0.2, 0.25) is 0 Å². The van der Waals surface area contributed by atoms with Crippen molar-refractivity contribution in [2.75, 3.05) is 0 Å². The number of para-hydroxylation sites is 2. The second kappa shape index (κ2) is 10.4. The van der Waals surface area contributed by atoms with Gasteiger partial charge in [-0.1, -0.05) is 121 Å². The van der Waals surface area contributed by atoms with Crippen LogP contribution in [0.3, 0.4) is 0 Å². The third kappa shape index (κ3) is 3.96. The Morgan fingerprint density at radius 1 is 0.280 bits per heavy atom. The monoisotopic (exact) mass is 635 g/mol. The molecule has 2 aromatic heterocycles. The number of aromatic nitrogens is 1. The van der Waals surface area contributed by atoms with Crippen molar-refractivity contribution in [2.45, 2.75) is 0 Å². The molecule has 9 aromatic carbocycles. The van der Waals surface area contributed by atoms with Crippen molar-refractivity contribution in [2.24, 2.45) is 0 Å². The SMILES string of the molecule is c1cc(-c2ccc3oc4ccccc4c3c2)cc(-c2ccc3c(c2)c2ccccc2n3-c2ccc3c4ccccc4c4ccccc4c3c2)c1. The molecule has 0 fully saturated rings. The van der Waals surface area contributed by atoms with Gasteiger partial charge >= 0.3 is 0 Å². The Balaban J connectivity index is 1.07. The summed E-state index contributed by atoms with van der Waals surface area (Å²) in [5, 5.41) is 12.5. The quantitative estimate of drug-likeness (QED) is 0.177. The fraction of sp³-hybridized carbons (Fsp3) is 0. The molecule has 2 nitrogen and oxygen atoms in total. The summed E-state index contributed by atoms with van der Waals surface area (Å²) < 4.78 is 8.53. The predicted molar refractivity (Wildman–Crippen MR) is 211 cm³/mol. The number of benzene rings is 9. The van der Waals surface area contributed by atoms with Crippen LogP contribution in [-0.2, 0) is 0 Å². The second-order valence-corrected chi connectivity index (χ2v) is 13.3. The maximum Gasteiger partial charge on any atom is 0.135 e. The van der Waals surface area contributed by atoms with Crippen LogP contribution in [-0.4, -0.2) is 4.57 Å². The normalized spacial score (nSPS) is 12.0. The van der Waals surface area contributed by atoms with Gasteiger partial charge < -0.3 is 8.98 Å². The van der Waals surface area contributed by atoms with Gasteiger partial charge in [-0.05, 0) is 109 Å². The summed E-state index contributed by atoms with van der Waals surface area (Å²) in [7, 11) is 0. The number of hydrogen-bond acceptors (Lipinski definition) is 1. The predicted octanol–water partition coefficient (Wildman–Crippen LogP) is 13.5. The van der Waals surface area contributed by atoms with Crippen LogP contribution in [0, 0.1) is 0 Å². The molecule has 0 unspecified atom stereocenters. The highest BCUT2D eigenvalue weighted by atomic mass is 16.3. The molecule has 2 heterocycles. The van der Waals surface area contributed by atoms with E-state index in [4.69, 9.17) is 4.42 Å². The Labute approximate surface area is 288 Å². The van der Waals surface area contributed by atoms with Crippen molar-refractivity contribution in [3.63, 3.8) is 0 Å². The molecule has 11 rings (SSSR count). The van der Waals surface area contributed by atoms with Gasteiger partial charge in [-0.3, -0.25) is 0 Å². The summed E-state index contributed by atoms with van der Waals surface area (Å²) in [6.07, 6.45) is 0. The van der Waals surface area contributed by atoms with Gasteiger partial charge in [-0.25, -0.2) is 0 Å². The fourth-order valence-corrected chi connectivity index (χ4v) is 8.25. The molecular weight excluding hydrogens is 607 g/mol. The highest BCUT2D eigenvalue weighted by Gasteiger charge is 2.16. The lowest BCUT2D eigenvalue weighted by Crippen LogP contribution is -1.94. The Bertz CT molecular complexity index is 3120. The number of rotatable bonds is 3. The van der Waals surface area contributed by atoms with E-state index >= 15 is 0 Å². The van der Waals surface area contributed by atoms with Crippen LogP contribution in [0.15, 0.2) is 180 Å². The first kappa shape index (κ1) is 27.3. The molecule has 0 aliphatic rings. The average molecular weight is 636 g/mol. The summed E-state index contributed by atoms with van der Waals surface area (Å²) in [5.41, 5.74) is 10.2. The van der Waals surface area contributed by atoms with Gasteiger partial charge in [0.25, 0.3) is 0 Å². The lowest BCUT2D eigenvalue weighted by Gasteiger charge is -2.14. The van der Waals surface area contributed by atoms with Gasteiger partial charge in [0.05, 0.1) is 11.0 Å². The summed E-state index contributed by atoms with van der Waals surface area (Å²) in [5.74, 6) is 0. The minimum Gasteiger partial charge on any atom is -0.456 e. The van der Waals surface area contributed by atoms with E-state index in [1.54, 1.807) is 0 Å². The maximum atomic E-state index is 6.10. The van der Waals surface area contributed by atoms with Crippen molar-refractivity contribution >= 4 is 76.1 Å². The number of fused-ring (bicyclic) bond motifs is 12. The number of hydrogen-bond donors (Lipinski definition) is 0. The van der Waals surface area contributed by atoms with Crippen LogP contribution >= 0.6 is 0 Å². The van der Waals surface area contributed by atoms with Crippen LogP contribution in [0.25, 0.3) is 104 Å². The zero-order valence-corrected chi connectivity index (χ0v) is 27.1. The standard InChI is InChI=1S/C48H29NO/c1-2-14-37-35(12-1)36-13-3-4-15-38(36)42-29-34(22-23-39(37)42)49-45-18-7-5-16-40(45)43-27-32(20-24-46(43)49)30-10-9-11-31(26-30)33-21-25-48-44(28-33)41-17-6-8-19-47(41)50-48/h1-29H. The van der Waals surface area contributed by atoms with Gasteiger partial charge in [-0.2, -0.15) is 0 Å². The fourth-order valence-electron chi connectivity index (χ4n) is 8.25. The molecule has 0 N–H and O–H groups in total. The first-order chi connectivity index (χ1) is 24.8. The molecule has 0 amide bonds. The van der Waals surface area contributed by atoms with E-state index in [9.17, 15) is 0 Å². The van der Waals surface area contributed by atoms with Crippen molar-refractivity contribution < 1.29 is 4.42 Å². The van der Waals surface area contributed by atoms with E-state index in [0.29, 0.717) is 0 Å². The minimum absolute atomic E-state index is 0.917. The zero-order chi connectivity index (χ0) is 32.8. The highest BCUT2D eigenvalue weighted by molar-refractivity contribution is 6.25. The van der Waals surface area contributed by atoms with Crippen LogP contribution in [0.5, 0.6) is 0 Å². The smallest absolute Gasteiger partial charge is 0.135 e. The van der Waals surface area contributed by atoms with Crippen molar-refractivity contribution in [3.05, 3.63) is 176 Å². The third-order valence-corrected chi connectivity index (χ3v) is 10.6. The van der Waals surface area contributed by atoms with Gasteiger partial charge in [-0.15, -0.1) is 0 Å². The van der Waals surface area contributed by atoms with E-state index < -0.39 is 0 Å². The van der Waals surface area contributed by atoms with Gasteiger partial charge in [0.15, 0.2) is 0 Å². The first-order valence-corrected chi connectivity index (χ1v) is 17.2. The van der Waals surface area contributed by atoms with Crippen LogP contribution in [0.1, 0.15) is 0 Å². The Kier molecular flexibility index (Phi) is 5.70. The summed E-state index contributed by atoms with van der Waals surface area (Å²) in [6, 6.07) is 63.9. The van der Waals surface area contributed by atoms with Crippen molar-refractivity contribution in [1.29, 1.82) is 0 Å². The van der Waals surface area contributed by atoms with Crippen molar-refractivity contribution in [3.8, 4) is 27.9 Å². The Morgan fingerprint density at radius 3 is 1.54 bits per heavy atom. The Morgan fingerprint density at radius 2 is 0.800 bits per heavy atom. The van der Waals surface area contributed by atoms with Crippen molar-refractivity contribution in [1.82, 2.24) is 4.57 Å². The first-order valence-electron chi connectivity index (χ1n) is 17.2.